The summed E-state index contributed by atoms with van der Waals surface area (Å²) in [5.74, 6) is 0. The van der Waals surface area contributed by atoms with Crippen molar-refractivity contribution in [1.29, 1.82) is 0 Å². The molecule has 2 heteroatoms. The highest BCUT2D eigenvalue weighted by Crippen LogP contribution is 2.17. The number of hydrogen-bond acceptors (Lipinski definition) is 2. The average molecular weight is 220 g/mol. The van der Waals surface area contributed by atoms with Crippen LogP contribution in [-0.4, -0.2) is 32.1 Å². The second-order valence-corrected chi connectivity index (χ2v) is 4.61. The van der Waals surface area contributed by atoms with Gasteiger partial charge >= 0.3 is 0 Å². The van der Waals surface area contributed by atoms with Gasteiger partial charge < -0.3 is 10.2 Å². The molecule has 1 aromatic rings. The monoisotopic (exact) mass is 220 g/mol. The van der Waals surface area contributed by atoms with Gasteiger partial charge in [-0.3, -0.25) is 0 Å². The van der Waals surface area contributed by atoms with Crippen LogP contribution in [0, 0.1) is 6.92 Å². The Balaban J connectivity index is 2.64. The van der Waals surface area contributed by atoms with E-state index in [4.69, 9.17) is 0 Å². The summed E-state index contributed by atoms with van der Waals surface area (Å²) in [6, 6.07) is 9.33. The van der Waals surface area contributed by atoms with Gasteiger partial charge in [0.25, 0.3) is 0 Å². The fraction of sp³-hybridized carbons (Fsp3) is 0.571. The lowest BCUT2D eigenvalue weighted by molar-refractivity contribution is 0.363. The van der Waals surface area contributed by atoms with Crippen molar-refractivity contribution in [3.63, 3.8) is 0 Å². The molecule has 0 aliphatic carbocycles. The molecule has 1 aromatic carbocycles. The van der Waals surface area contributed by atoms with E-state index in [0.717, 1.165) is 19.5 Å². The van der Waals surface area contributed by atoms with E-state index in [-0.39, 0.29) is 0 Å². The molecule has 16 heavy (non-hydrogen) atoms. The van der Waals surface area contributed by atoms with Crippen molar-refractivity contribution in [3.8, 4) is 0 Å². The summed E-state index contributed by atoms with van der Waals surface area (Å²) in [4.78, 5) is 2.23. The summed E-state index contributed by atoms with van der Waals surface area (Å²) in [5.41, 5.74) is 2.72. The SMILES string of the molecule is CCNC(CCN(C)C)c1ccc(C)cc1. The van der Waals surface area contributed by atoms with Gasteiger partial charge in [0, 0.05) is 6.04 Å². The maximum absolute atomic E-state index is 3.55. The Morgan fingerprint density at radius 2 is 1.81 bits per heavy atom. The van der Waals surface area contributed by atoms with Crippen molar-refractivity contribution < 1.29 is 0 Å². The third-order valence-electron chi connectivity index (χ3n) is 2.80. The van der Waals surface area contributed by atoms with Crippen molar-refractivity contribution in [3.05, 3.63) is 35.4 Å². The molecule has 0 saturated heterocycles. The van der Waals surface area contributed by atoms with Crippen LogP contribution in [0.4, 0.5) is 0 Å². The van der Waals surface area contributed by atoms with E-state index in [2.05, 4.69) is 62.4 Å². The summed E-state index contributed by atoms with van der Waals surface area (Å²) >= 11 is 0. The van der Waals surface area contributed by atoms with Crippen LogP contribution in [0.5, 0.6) is 0 Å². The lowest BCUT2D eigenvalue weighted by Crippen LogP contribution is -2.25. The Labute approximate surface area is 99.7 Å². The first-order chi connectivity index (χ1) is 7.63. The number of hydrogen-bond donors (Lipinski definition) is 1. The minimum atomic E-state index is 0.480. The molecular formula is C14H24N2. The first kappa shape index (κ1) is 13.2. The van der Waals surface area contributed by atoms with Gasteiger partial charge in [-0.15, -0.1) is 0 Å². The Morgan fingerprint density at radius 3 is 2.31 bits per heavy atom. The van der Waals surface area contributed by atoms with E-state index in [1.165, 1.54) is 11.1 Å². The minimum absolute atomic E-state index is 0.480. The van der Waals surface area contributed by atoms with E-state index in [1.807, 2.05) is 0 Å². The summed E-state index contributed by atoms with van der Waals surface area (Å²) in [7, 11) is 4.25. The molecule has 0 radical (unpaired) electrons. The van der Waals surface area contributed by atoms with E-state index >= 15 is 0 Å². The highest BCUT2D eigenvalue weighted by molar-refractivity contribution is 5.24. The standard InChI is InChI=1S/C14H24N2/c1-5-15-14(10-11-16(3)4)13-8-6-12(2)7-9-13/h6-9,14-15H,5,10-11H2,1-4H3. The Hall–Kier alpha value is -0.860. The average Bonchev–Trinajstić information content (AvgIpc) is 2.25. The molecule has 0 heterocycles. The molecule has 1 N–H and O–H groups in total. The Morgan fingerprint density at radius 1 is 1.19 bits per heavy atom. The zero-order valence-electron chi connectivity index (χ0n) is 11.0. The van der Waals surface area contributed by atoms with Crippen molar-refractivity contribution in [1.82, 2.24) is 10.2 Å². The molecule has 90 valence electrons. The molecule has 2 nitrogen and oxygen atoms in total. The highest BCUT2D eigenvalue weighted by Gasteiger charge is 2.09. The summed E-state index contributed by atoms with van der Waals surface area (Å²) in [6.07, 6.45) is 1.16. The molecule has 0 fully saturated rings. The molecule has 0 aromatic heterocycles. The second-order valence-electron chi connectivity index (χ2n) is 4.61. The van der Waals surface area contributed by atoms with Gasteiger partial charge in [0.2, 0.25) is 0 Å². The van der Waals surface area contributed by atoms with Gasteiger partial charge in [0.15, 0.2) is 0 Å². The van der Waals surface area contributed by atoms with Crippen LogP contribution in [0.25, 0.3) is 0 Å². The first-order valence-corrected chi connectivity index (χ1v) is 6.08. The van der Waals surface area contributed by atoms with E-state index < -0.39 is 0 Å². The number of nitrogens with one attached hydrogen (secondary N) is 1. The topological polar surface area (TPSA) is 15.3 Å². The number of rotatable bonds is 6. The zero-order valence-corrected chi connectivity index (χ0v) is 11.0. The zero-order chi connectivity index (χ0) is 12.0. The maximum atomic E-state index is 3.55. The predicted molar refractivity (Wildman–Crippen MR) is 70.8 cm³/mol. The lowest BCUT2D eigenvalue weighted by Gasteiger charge is -2.20. The predicted octanol–water partition coefficient (Wildman–Crippen LogP) is 2.60. The fourth-order valence-corrected chi connectivity index (χ4v) is 1.82. The van der Waals surface area contributed by atoms with Gasteiger partial charge in [-0.1, -0.05) is 36.8 Å². The summed E-state index contributed by atoms with van der Waals surface area (Å²) in [6.45, 7) is 6.43. The largest absolute Gasteiger partial charge is 0.310 e. The van der Waals surface area contributed by atoms with Crippen LogP contribution >= 0.6 is 0 Å². The molecule has 0 bridgehead atoms. The molecular weight excluding hydrogens is 196 g/mol. The highest BCUT2D eigenvalue weighted by atomic mass is 15.1. The number of benzene rings is 1. The minimum Gasteiger partial charge on any atom is -0.310 e. The summed E-state index contributed by atoms with van der Waals surface area (Å²) in [5, 5.41) is 3.55. The van der Waals surface area contributed by atoms with Crippen molar-refractivity contribution in [2.75, 3.05) is 27.2 Å². The van der Waals surface area contributed by atoms with Crippen molar-refractivity contribution in [2.45, 2.75) is 26.3 Å². The normalized spacial score (nSPS) is 13.1. The molecule has 0 amide bonds. The van der Waals surface area contributed by atoms with Gasteiger partial charge in [0.1, 0.15) is 0 Å². The van der Waals surface area contributed by atoms with Crippen LogP contribution in [0.15, 0.2) is 24.3 Å². The second kappa shape index (κ2) is 6.66. The smallest absolute Gasteiger partial charge is 0.0332 e. The molecule has 0 aliphatic heterocycles. The molecule has 0 saturated carbocycles. The Bertz CT molecular complexity index is 290. The van der Waals surface area contributed by atoms with Crippen LogP contribution < -0.4 is 5.32 Å². The quantitative estimate of drug-likeness (QED) is 0.792. The van der Waals surface area contributed by atoms with Crippen LogP contribution in [0.2, 0.25) is 0 Å². The fourth-order valence-electron chi connectivity index (χ4n) is 1.82. The van der Waals surface area contributed by atoms with E-state index in [1.54, 1.807) is 0 Å². The number of nitrogens with zero attached hydrogens (tertiary/aromatic N) is 1. The molecule has 0 aliphatic rings. The molecule has 1 atom stereocenters. The van der Waals surface area contributed by atoms with Gasteiger partial charge in [0.05, 0.1) is 0 Å². The van der Waals surface area contributed by atoms with Gasteiger partial charge in [-0.2, -0.15) is 0 Å². The summed E-state index contributed by atoms with van der Waals surface area (Å²) < 4.78 is 0. The van der Waals surface area contributed by atoms with Crippen LogP contribution in [0.1, 0.15) is 30.5 Å². The molecule has 0 spiro atoms. The third-order valence-corrected chi connectivity index (χ3v) is 2.80. The maximum Gasteiger partial charge on any atom is 0.0332 e. The van der Waals surface area contributed by atoms with Gasteiger partial charge in [-0.05, 0) is 46.1 Å². The third kappa shape index (κ3) is 4.33. The first-order valence-electron chi connectivity index (χ1n) is 6.08. The van der Waals surface area contributed by atoms with Crippen molar-refractivity contribution in [2.24, 2.45) is 0 Å². The lowest BCUT2D eigenvalue weighted by atomic mass is 10.0. The Kier molecular flexibility index (Phi) is 5.50. The van der Waals surface area contributed by atoms with Gasteiger partial charge in [-0.25, -0.2) is 0 Å². The van der Waals surface area contributed by atoms with Crippen molar-refractivity contribution >= 4 is 0 Å². The van der Waals surface area contributed by atoms with Crippen LogP contribution in [0.3, 0.4) is 0 Å². The number of aryl methyl sites for hydroxylation is 1. The molecule has 1 unspecified atom stereocenters. The molecule has 1 rings (SSSR count). The van der Waals surface area contributed by atoms with E-state index in [0.29, 0.717) is 6.04 Å². The van der Waals surface area contributed by atoms with E-state index in [9.17, 15) is 0 Å². The van der Waals surface area contributed by atoms with Crippen LogP contribution in [-0.2, 0) is 0 Å².